The summed E-state index contributed by atoms with van der Waals surface area (Å²) in [6.07, 6.45) is -4.51. The number of phenols is 1. The van der Waals surface area contributed by atoms with Crippen molar-refractivity contribution in [2.75, 3.05) is 7.11 Å². The van der Waals surface area contributed by atoms with Gasteiger partial charge in [-0.1, -0.05) is 11.6 Å². The van der Waals surface area contributed by atoms with Crippen molar-refractivity contribution in [3.63, 3.8) is 0 Å². The number of hydrogen-bond acceptors (Lipinski definition) is 2. The number of benzene rings is 2. The maximum absolute atomic E-state index is 12.8. The number of aromatic hydroxyl groups is 1. The molecule has 0 aliphatic heterocycles. The SMILES string of the molecule is COc1ccc(C)cc1-c1cc(O)cc(C(F)(F)F)c1. The van der Waals surface area contributed by atoms with E-state index < -0.39 is 17.5 Å². The quantitative estimate of drug-likeness (QED) is 0.885. The lowest BCUT2D eigenvalue weighted by atomic mass is 9.99. The first kappa shape index (κ1) is 14.2. The number of phenolic OH excluding ortho intramolecular Hbond substituents is 1. The molecular weight excluding hydrogens is 269 g/mol. The first-order valence-corrected chi connectivity index (χ1v) is 5.87. The van der Waals surface area contributed by atoms with E-state index >= 15 is 0 Å². The van der Waals surface area contributed by atoms with Crippen LogP contribution in [0, 0.1) is 6.92 Å². The van der Waals surface area contributed by atoms with Crippen LogP contribution in [0.15, 0.2) is 36.4 Å². The van der Waals surface area contributed by atoms with E-state index in [-0.39, 0.29) is 5.56 Å². The second-order valence-corrected chi connectivity index (χ2v) is 4.47. The summed E-state index contributed by atoms with van der Waals surface area (Å²) in [6, 6.07) is 8.18. The molecule has 0 aromatic heterocycles. The molecule has 5 heteroatoms. The fourth-order valence-corrected chi connectivity index (χ4v) is 1.98. The summed E-state index contributed by atoms with van der Waals surface area (Å²) < 4.78 is 43.5. The van der Waals surface area contributed by atoms with E-state index in [0.717, 1.165) is 11.6 Å². The topological polar surface area (TPSA) is 29.5 Å². The molecule has 0 aliphatic carbocycles. The summed E-state index contributed by atoms with van der Waals surface area (Å²) in [4.78, 5) is 0. The Kier molecular flexibility index (Phi) is 3.61. The third kappa shape index (κ3) is 2.87. The molecule has 0 atom stereocenters. The largest absolute Gasteiger partial charge is 0.508 e. The van der Waals surface area contributed by atoms with Crippen molar-refractivity contribution in [2.45, 2.75) is 13.1 Å². The molecule has 2 aromatic rings. The summed E-state index contributed by atoms with van der Waals surface area (Å²) in [5, 5.41) is 9.51. The number of ether oxygens (including phenoxy) is 1. The predicted molar refractivity (Wildman–Crippen MR) is 69.8 cm³/mol. The second-order valence-electron chi connectivity index (χ2n) is 4.47. The van der Waals surface area contributed by atoms with Crippen LogP contribution in [0.1, 0.15) is 11.1 Å². The van der Waals surface area contributed by atoms with Gasteiger partial charge in [0, 0.05) is 5.56 Å². The van der Waals surface area contributed by atoms with Crippen LogP contribution in [0.5, 0.6) is 11.5 Å². The van der Waals surface area contributed by atoms with Crippen LogP contribution in [0.2, 0.25) is 0 Å². The van der Waals surface area contributed by atoms with E-state index in [0.29, 0.717) is 17.4 Å². The number of halogens is 3. The molecule has 0 amide bonds. The molecule has 2 rings (SSSR count). The zero-order valence-electron chi connectivity index (χ0n) is 11.0. The Morgan fingerprint density at radius 2 is 1.75 bits per heavy atom. The molecule has 0 bridgehead atoms. The van der Waals surface area contributed by atoms with Crippen molar-refractivity contribution < 1.29 is 23.0 Å². The van der Waals surface area contributed by atoms with Crippen molar-refractivity contribution in [3.8, 4) is 22.6 Å². The first-order valence-electron chi connectivity index (χ1n) is 5.87. The van der Waals surface area contributed by atoms with Gasteiger partial charge in [0.05, 0.1) is 12.7 Å². The van der Waals surface area contributed by atoms with E-state index in [2.05, 4.69) is 0 Å². The van der Waals surface area contributed by atoms with Gasteiger partial charge < -0.3 is 9.84 Å². The summed E-state index contributed by atoms with van der Waals surface area (Å²) in [5.74, 6) is 0.0210. The van der Waals surface area contributed by atoms with Gasteiger partial charge in [0.2, 0.25) is 0 Å². The number of rotatable bonds is 2. The third-order valence-corrected chi connectivity index (χ3v) is 2.91. The molecule has 0 aliphatic rings. The van der Waals surface area contributed by atoms with E-state index in [1.807, 2.05) is 6.92 Å². The first-order chi connectivity index (χ1) is 9.31. The maximum Gasteiger partial charge on any atom is 0.416 e. The average molecular weight is 282 g/mol. The van der Waals surface area contributed by atoms with E-state index in [4.69, 9.17) is 4.74 Å². The zero-order valence-corrected chi connectivity index (χ0v) is 11.0. The lowest BCUT2D eigenvalue weighted by Crippen LogP contribution is -2.04. The number of methoxy groups -OCH3 is 1. The smallest absolute Gasteiger partial charge is 0.416 e. The molecule has 20 heavy (non-hydrogen) atoms. The molecule has 1 N–H and O–H groups in total. The Morgan fingerprint density at radius 3 is 2.35 bits per heavy atom. The minimum atomic E-state index is -4.51. The molecule has 2 aromatic carbocycles. The van der Waals surface area contributed by atoms with Gasteiger partial charge >= 0.3 is 6.18 Å². The highest BCUT2D eigenvalue weighted by Crippen LogP contribution is 2.38. The van der Waals surface area contributed by atoms with Crippen LogP contribution in [0.4, 0.5) is 13.2 Å². The molecule has 0 radical (unpaired) electrons. The molecule has 0 fully saturated rings. The Bertz CT molecular complexity index is 634. The number of hydrogen-bond donors (Lipinski definition) is 1. The molecule has 0 saturated heterocycles. The molecule has 0 saturated carbocycles. The lowest BCUT2D eigenvalue weighted by Gasteiger charge is -2.13. The molecule has 0 spiro atoms. The minimum absolute atomic E-state index is 0.262. The van der Waals surface area contributed by atoms with Gasteiger partial charge in [0.25, 0.3) is 0 Å². The molecule has 106 valence electrons. The molecule has 0 heterocycles. The van der Waals surface area contributed by atoms with Crippen LogP contribution >= 0.6 is 0 Å². The number of alkyl halides is 3. The summed E-state index contributed by atoms with van der Waals surface area (Å²) in [7, 11) is 1.45. The predicted octanol–water partition coefficient (Wildman–Crippen LogP) is 4.40. The Hall–Kier alpha value is -2.17. The van der Waals surface area contributed by atoms with Crippen molar-refractivity contribution in [1.82, 2.24) is 0 Å². The van der Waals surface area contributed by atoms with E-state index in [1.165, 1.54) is 13.2 Å². The summed E-state index contributed by atoms with van der Waals surface area (Å²) in [5.41, 5.74) is 0.764. The normalized spacial score (nSPS) is 11.4. The van der Waals surface area contributed by atoms with E-state index in [1.54, 1.807) is 18.2 Å². The zero-order chi connectivity index (χ0) is 14.9. The molecule has 2 nitrogen and oxygen atoms in total. The van der Waals surface area contributed by atoms with Crippen molar-refractivity contribution in [3.05, 3.63) is 47.5 Å². The van der Waals surface area contributed by atoms with Crippen LogP contribution in [-0.4, -0.2) is 12.2 Å². The highest BCUT2D eigenvalue weighted by atomic mass is 19.4. The highest BCUT2D eigenvalue weighted by molar-refractivity contribution is 5.73. The van der Waals surface area contributed by atoms with E-state index in [9.17, 15) is 18.3 Å². The monoisotopic (exact) mass is 282 g/mol. The molecular formula is C15H13F3O2. The van der Waals surface area contributed by atoms with Crippen LogP contribution in [0.25, 0.3) is 11.1 Å². The van der Waals surface area contributed by atoms with Crippen LogP contribution < -0.4 is 4.74 Å². The van der Waals surface area contributed by atoms with Crippen LogP contribution in [0.3, 0.4) is 0 Å². The fraction of sp³-hybridized carbons (Fsp3) is 0.200. The van der Waals surface area contributed by atoms with Gasteiger partial charge in [-0.2, -0.15) is 13.2 Å². The summed E-state index contributed by atoms with van der Waals surface area (Å²) >= 11 is 0. The standard InChI is InChI=1S/C15H13F3O2/c1-9-3-4-14(20-2)13(5-9)10-6-11(15(16,17)18)8-12(19)7-10/h3-8,19H,1-2H3. The van der Waals surface area contributed by atoms with Gasteiger partial charge in [-0.05, 0) is 42.8 Å². The summed E-state index contributed by atoms with van der Waals surface area (Å²) in [6.45, 7) is 1.83. The minimum Gasteiger partial charge on any atom is -0.508 e. The highest BCUT2D eigenvalue weighted by Gasteiger charge is 2.31. The van der Waals surface area contributed by atoms with Crippen molar-refractivity contribution in [1.29, 1.82) is 0 Å². The Morgan fingerprint density at radius 1 is 1.05 bits per heavy atom. The Labute approximate surface area is 114 Å². The van der Waals surface area contributed by atoms with Gasteiger partial charge in [-0.15, -0.1) is 0 Å². The number of aryl methyl sites for hydroxylation is 1. The third-order valence-electron chi connectivity index (χ3n) is 2.91. The average Bonchev–Trinajstić information content (AvgIpc) is 2.37. The molecule has 0 unspecified atom stereocenters. The Balaban J connectivity index is 2.64. The van der Waals surface area contributed by atoms with Gasteiger partial charge in [-0.3, -0.25) is 0 Å². The fourth-order valence-electron chi connectivity index (χ4n) is 1.98. The van der Waals surface area contributed by atoms with Gasteiger partial charge in [0.1, 0.15) is 11.5 Å². The van der Waals surface area contributed by atoms with Gasteiger partial charge in [-0.25, -0.2) is 0 Å². The second kappa shape index (κ2) is 5.07. The van der Waals surface area contributed by atoms with Gasteiger partial charge in [0.15, 0.2) is 0 Å². The maximum atomic E-state index is 12.8. The van der Waals surface area contributed by atoms with Crippen LogP contribution in [-0.2, 0) is 6.18 Å². The van der Waals surface area contributed by atoms with Crippen molar-refractivity contribution >= 4 is 0 Å². The lowest BCUT2D eigenvalue weighted by molar-refractivity contribution is -0.137. The van der Waals surface area contributed by atoms with Crippen molar-refractivity contribution in [2.24, 2.45) is 0 Å².